The Morgan fingerprint density at radius 3 is 2.79 bits per heavy atom. The standard InChI is InChI=1S/C23H26ClN5O4/c1-13-10-29(11-14(2)33-13)23-26-9-18(24)22(28-23)27-17-5-4-15-7-19(30)20(8-16(15)6-17)32-12-21(31)25-3/h4-6,8-9,13-14H,7,10-12H2,1-3H3,(H,25,31)(H,26,27,28). The highest BCUT2D eigenvalue weighted by molar-refractivity contribution is 6.32. The maximum absolute atomic E-state index is 12.3. The number of nitrogens with zero attached hydrogens (tertiary/aromatic N) is 3. The fourth-order valence-electron chi connectivity index (χ4n) is 3.86. The lowest BCUT2D eigenvalue weighted by Gasteiger charge is -2.35. The number of rotatable bonds is 6. The van der Waals surface area contributed by atoms with E-state index in [1.165, 1.54) is 7.05 Å². The van der Waals surface area contributed by atoms with Crippen LogP contribution in [0.25, 0.3) is 6.08 Å². The molecule has 1 amide bonds. The SMILES string of the molecule is CNC(=O)COC1=Cc2cc(Nc3nc(N4CC(C)OC(C)C4)ncc3Cl)ccc2CC1=O. The molecule has 4 rings (SSSR count). The molecule has 2 aromatic rings. The van der Waals surface area contributed by atoms with Crippen molar-refractivity contribution in [2.24, 2.45) is 0 Å². The monoisotopic (exact) mass is 471 g/mol. The van der Waals surface area contributed by atoms with Crippen molar-refractivity contribution in [1.82, 2.24) is 15.3 Å². The van der Waals surface area contributed by atoms with Crippen molar-refractivity contribution in [3.05, 3.63) is 46.3 Å². The Kier molecular flexibility index (Phi) is 6.80. The number of hydrogen-bond acceptors (Lipinski definition) is 8. The van der Waals surface area contributed by atoms with Gasteiger partial charge in [-0.15, -0.1) is 0 Å². The Balaban J connectivity index is 1.54. The zero-order valence-corrected chi connectivity index (χ0v) is 19.5. The maximum atomic E-state index is 12.3. The zero-order chi connectivity index (χ0) is 23.5. The molecule has 1 saturated heterocycles. The third-order valence-electron chi connectivity index (χ3n) is 5.39. The maximum Gasteiger partial charge on any atom is 0.257 e. The molecule has 10 heteroatoms. The van der Waals surface area contributed by atoms with Gasteiger partial charge in [-0.1, -0.05) is 17.7 Å². The van der Waals surface area contributed by atoms with Crippen LogP contribution >= 0.6 is 11.6 Å². The molecule has 1 fully saturated rings. The van der Waals surface area contributed by atoms with Gasteiger partial charge in [0.1, 0.15) is 5.02 Å². The van der Waals surface area contributed by atoms with E-state index in [1.54, 1.807) is 12.3 Å². The number of nitrogens with one attached hydrogen (secondary N) is 2. The van der Waals surface area contributed by atoms with Crippen molar-refractivity contribution < 1.29 is 19.1 Å². The first kappa shape index (κ1) is 23.0. The summed E-state index contributed by atoms with van der Waals surface area (Å²) in [6.45, 7) is 5.23. The van der Waals surface area contributed by atoms with Crippen molar-refractivity contribution in [3.63, 3.8) is 0 Å². The first-order valence-corrected chi connectivity index (χ1v) is 11.1. The number of halogens is 1. The largest absolute Gasteiger partial charge is 0.480 e. The van der Waals surface area contributed by atoms with Gasteiger partial charge in [-0.05, 0) is 43.2 Å². The average Bonchev–Trinajstić information content (AvgIpc) is 2.78. The van der Waals surface area contributed by atoms with E-state index in [2.05, 4.69) is 25.5 Å². The summed E-state index contributed by atoms with van der Waals surface area (Å²) in [5, 5.41) is 6.11. The second-order valence-corrected chi connectivity index (χ2v) is 8.55. The van der Waals surface area contributed by atoms with Crippen LogP contribution in [0.4, 0.5) is 17.5 Å². The topological polar surface area (TPSA) is 106 Å². The van der Waals surface area contributed by atoms with Gasteiger partial charge < -0.3 is 25.0 Å². The van der Waals surface area contributed by atoms with Crippen LogP contribution in [0, 0.1) is 0 Å². The van der Waals surface area contributed by atoms with Crippen LogP contribution in [0.1, 0.15) is 25.0 Å². The normalized spacial score (nSPS) is 20.1. The Hall–Kier alpha value is -3.17. The number of ketones is 1. The number of Topliss-reactive ketones (excluding diaryl/α,β-unsaturated/α-hetero) is 1. The van der Waals surface area contributed by atoms with Gasteiger partial charge in [0, 0.05) is 32.2 Å². The summed E-state index contributed by atoms with van der Waals surface area (Å²) in [4.78, 5) is 34.9. The Morgan fingerprint density at radius 1 is 1.30 bits per heavy atom. The molecule has 2 aliphatic rings. The molecule has 0 bridgehead atoms. The Bertz CT molecular complexity index is 1100. The number of benzene rings is 1. The van der Waals surface area contributed by atoms with Crippen LogP contribution in [-0.4, -0.2) is 60.6 Å². The van der Waals surface area contributed by atoms with Crippen LogP contribution < -0.4 is 15.5 Å². The van der Waals surface area contributed by atoms with Crippen molar-refractivity contribution in [2.45, 2.75) is 32.5 Å². The number of hydrogen-bond donors (Lipinski definition) is 2. The lowest BCUT2D eigenvalue weighted by atomic mass is 9.95. The molecule has 2 atom stereocenters. The molecule has 0 radical (unpaired) electrons. The van der Waals surface area contributed by atoms with Gasteiger partial charge in [-0.2, -0.15) is 4.98 Å². The summed E-state index contributed by atoms with van der Waals surface area (Å²) >= 11 is 6.37. The van der Waals surface area contributed by atoms with Gasteiger partial charge in [0.15, 0.2) is 18.2 Å². The molecule has 2 heterocycles. The van der Waals surface area contributed by atoms with Crippen molar-refractivity contribution in [2.75, 3.05) is 37.0 Å². The minimum absolute atomic E-state index is 0.0828. The molecule has 174 valence electrons. The third kappa shape index (κ3) is 5.43. The summed E-state index contributed by atoms with van der Waals surface area (Å²) in [5.41, 5.74) is 2.46. The van der Waals surface area contributed by atoms with Gasteiger partial charge in [0.2, 0.25) is 11.7 Å². The van der Waals surface area contributed by atoms with E-state index >= 15 is 0 Å². The van der Waals surface area contributed by atoms with Crippen molar-refractivity contribution in [3.8, 4) is 0 Å². The van der Waals surface area contributed by atoms with Crippen LogP contribution in [0.2, 0.25) is 5.02 Å². The fourth-order valence-corrected chi connectivity index (χ4v) is 4.00. The smallest absolute Gasteiger partial charge is 0.257 e. The van der Waals surface area contributed by atoms with Crippen LogP contribution in [-0.2, 0) is 25.5 Å². The molecule has 1 aliphatic heterocycles. The number of carbonyl (C=O) groups excluding carboxylic acids is 2. The van der Waals surface area contributed by atoms with E-state index in [9.17, 15) is 9.59 Å². The second-order valence-electron chi connectivity index (χ2n) is 8.14. The second kappa shape index (κ2) is 9.76. The number of likely N-dealkylation sites (N-methyl/N-ethyl adjacent to an activating group) is 1. The highest BCUT2D eigenvalue weighted by atomic mass is 35.5. The predicted molar refractivity (Wildman–Crippen MR) is 126 cm³/mol. The van der Waals surface area contributed by atoms with E-state index < -0.39 is 0 Å². The molecule has 33 heavy (non-hydrogen) atoms. The minimum Gasteiger partial charge on any atom is -0.480 e. The number of morpholine rings is 1. The molecule has 2 N–H and O–H groups in total. The first-order chi connectivity index (χ1) is 15.8. The summed E-state index contributed by atoms with van der Waals surface area (Å²) in [7, 11) is 1.51. The number of anilines is 3. The number of allylic oxidation sites excluding steroid dienone is 1. The highest BCUT2D eigenvalue weighted by Crippen LogP contribution is 2.30. The number of fused-ring (bicyclic) bond motifs is 1. The number of aromatic nitrogens is 2. The molecular weight excluding hydrogens is 446 g/mol. The van der Waals surface area contributed by atoms with Crippen molar-refractivity contribution >= 4 is 46.8 Å². The van der Waals surface area contributed by atoms with Crippen LogP contribution in [0.5, 0.6) is 0 Å². The quantitative estimate of drug-likeness (QED) is 0.662. The lowest BCUT2D eigenvalue weighted by Crippen LogP contribution is -2.46. The Morgan fingerprint density at radius 2 is 2.06 bits per heavy atom. The van der Waals surface area contributed by atoms with Gasteiger partial charge in [-0.25, -0.2) is 4.98 Å². The van der Waals surface area contributed by atoms with E-state index in [4.69, 9.17) is 21.1 Å². The number of carbonyl (C=O) groups is 2. The summed E-state index contributed by atoms with van der Waals surface area (Å²) in [6.07, 6.45) is 3.61. The molecular formula is C23H26ClN5O4. The van der Waals surface area contributed by atoms with Gasteiger partial charge >= 0.3 is 0 Å². The molecule has 0 spiro atoms. The van der Waals surface area contributed by atoms with Crippen molar-refractivity contribution in [1.29, 1.82) is 0 Å². The first-order valence-electron chi connectivity index (χ1n) is 10.7. The lowest BCUT2D eigenvalue weighted by molar-refractivity contribution is -0.125. The Labute approximate surface area is 197 Å². The summed E-state index contributed by atoms with van der Waals surface area (Å²) in [5.74, 6) is 0.770. The average molecular weight is 472 g/mol. The molecule has 2 unspecified atom stereocenters. The predicted octanol–water partition coefficient (Wildman–Crippen LogP) is 2.72. The summed E-state index contributed by atoms with van der Waals surface area (Å²) in [6, 6.07) is 5.64. The van der Waals surface area contributed by atoms with Gasteiger partial charge in [0.25, 0.3) is 5.91 Å². The highest BCUT2D eigenvalue weighted by Gasteiger charge is 2.25. The van der Waals surface area contributed by atoms with E-state index in [0.717, 1.165) is 16.8 Å². The van der Waals surface area contributed by atoms with Crippen LogP contribution in [0.3, 0.4) is 0 Å². The fraction of sp³-hybridized carbons (Fsp3) is 0.391. The van der Waals surface area contributed by atoms with E-state index in [1.807, 2.05) is 32.0 Å². The number of ether oxygens (including phenoxy) is 2. The van der Waals surface area contributed by atoms with E-state index in [-0.39, 0.29) is 42.7 Å². The molecule has 1 aliphatic carbocycles. The van der Waals surface area contributed by atoms with Gasteiger partial charge in [0.05, 0.1) is 18.4 Å². The number of amides is 1. The summed E-state index contributed by atoms with van der Waals surface area (Å²) < 4.78 is 11.2. The molecule has 0 saturated carbocycles. The van der Waals surface area contributed by atoms with E-state index in [0.29, 0.717) is 29.9 Å². The molecule has 9 nitrogen and oxygen atoms in total. The van der Waals surface area contributed by atoms with Gasteiger partial charge in [-0.3, -0.25) is 9.59 Å². The molecule has 1 aromatic heterocycles. The minimum atomic E-state index is -0.303. The zero-order valence-electron chi connectivity index (χ0n) is 18.7. The van der Waals surface area contributed by atoms with Crippen LogP contribution in [0.15, 0.2) is 30.2 Å². The third-order valence-corrected chi connectivity index (χ3v) is 5.67. The molecule has 1 aromatic carbocycles.